The third kappa shape index (κ3) is 2.92. The summed E-state index contributed by atoms with van der Waals surface area (Å²) in [5.74, 6) is 1.95. The molecular weight excluding hydrogens is 254 g/mol. The smallest absolute Gasteiger partial charge is 0.105 e. The van der Waals surface area contributed by atoms with Gasteiger partial charge in [-0.25, -0.2) is 0 Å². The second-order valence-electron chi connectivity index (χ2n) is 4.12. The lowest BCUT2D eigenvalue weighted by Gasteiger charge is -2.14. The molecule has 0 bridgehead atoms. The van der Waals surface area contributed by atoms with Gasteiger partial charge < -0.3 is 9.73 Å². The number of halogens is 1. The SMILES string of the molecule is CNC(Cc1ccc(Cl)s1)c1cc(C)oc1C. The van der Waals surface area contributed by atoms with E-state index in [1.807, 2.05) is 27.0 Å². The molecule has 0 saturated heterocycles. The van der Waals surface area contributed by atoms with Gasteiger partial charge in [0, 0.05) is 22.9 Å². The van der Waals surface area contributed by atoms with E-state index in [4.69, 9.17) is 16.0 Å². The fourth-order valence-electron chi connectivity index (χ4n) is 2.03. The van der Waals surface area contributed by atoms with E-state index in [2.05, 4.69) is 17.4 Å². The van der Waals surface area contributed by atoms with Crippen LogP contribution in [0.3, 0.4) is 0 Å². The van der Waals surface area contributed by atoms with Gasteiger partial charge in [0.2, 0.25) is 0 Å². The molecule has 92 valence electrons. The highest BCUT2D eigenvalue weighted by atomic mass is 35.5. The van der Waals surface area contributed by atoms with Crippen molar-refractivity contribution in [3.63, 3.8) is 0 Å². The molecule has 0 aliphatic heterocycles. The maximum Gasteiger partial charge on any atom is 0.105 e. The van der Waals surface area contributed by atoms with Crippen LogP contribution < -0.4 is 5.32 Å². The van der Waals surface area contributed by atoms with Crippen LogP contribution in [0.15, 0.2) is 22.6 Å². The van der Waals surface area contributed by atoms with Crippen molar-refractivity contribution in [3.8, 4) is 0 Å². The summed E-state index contributed by atoms with van der Waals surface area (Å²) in [7, 11) is 1.97. The Labute approximate surface area is 111 Å². The van der Waals surface area contributed by atoms with E-state index in [0.29, 0.717) is 0 Å². The molecule has 4 heteroatoms. The molecule has 0 spiro atoms. The van der Waals surface area contributed by atoms with Crippen molar-refractivity contribution in [2.45, 2.75) is 26.3 Å². The highest BCUT2D eigenvalue weighted by Gasteiger charge is 2.16. The minimum Gasteiger partial charge on any atom is -0.466 e. The Bertz CT molecular complexity index is 503. The van der Waals surface area contributed by atoms with Gasteiger partial charge in [-0.05, 0) is 39.1 Å². The van der Waals surface area contributed by atoms with Crippen molar-refractivity contribution in [1.29, 1.82) is 0 Å². The normalized spacial score (nSPS) is 12.9. The van der Waals surface area contributed by atoms with Gasteiger partial charge in [-0.15, -0.1) is 11.3 Å². The summed E-state index contributed by atoms with van der Waals surface area (Å²) in [5.41, 5.74) is 1.23. The summed E-state index contributed by atoms with van der Waals surface area (Å²) in [6, 6.07) is 6.41. The molecule has 2 rings (SSSR count). The summed E-state index contributed by atoms with van der Waals surface area (Å²) in [6.45, 7) is 3.99. The summed E-state index contributed by atoms with van der Waals surface area (Å²) in [6.07, 6.45) is 0.938. The Morgan fingerprint density at radius 2 is 2.18 bits per heavy atom. The second-order valence-corrected chi connectivity index (χ2v) is 5.92. The number of nitrogens with one attached hydrogen (secondary N) is 1. The molecule has 0 saturated carbocycles. The largest absolute Gasteiger partial charge is 0.466 e. The molecule has 0 aliphatic rings. The highest BCUT2D eigenvalue weighted by Crippen LogP contribution is 2.28. The first-order chi connectivity index (χ1) is 8.10. The standard InChI is InChI=1S/C13H16ClNOS/c1-8-6-11(9(2)16-8)12(15-3)7-10-4-5-13(14)17-10/h4-6,12,15H,7H2,1-3H3. The molecule has 0 radical (unpaired) electrons. The first-order valence-electron chi connectivity index (χ1n) is 5.58. The van der Waals surface area contributed by atoms with E-state index >= 15 is 0 Å². The minimum atomic E-state index is 0.280. The number of hydrogen-bond acceptors (Lipinski definition) is 3. The lowest BCUT2D eigenvalue weighted by molar-refractivity contribution is 0.490. The quantitative estimate of drug-likeness (QED) is 0.903. The molecule has 2 aromatic rings. The maximum absolute atomic E-state index is 5.95. The van der Waals surface area contributed by atoms with Gasteiger partial charge in [-0.3, -0.25) is 0 Å². The van der Waals surface area contributed by atoms with E-state index in [0.717, 1.165) is 22.3 Å². The van der Waals surface area contributed by atoms with Crippen molar-refractivity contribution < 1.29 is 4.42 Å². The number of thiophene rings is 1. The van der Waals surface area contributed by atoms with Crippen LogP contribution in [-0.4, -0.2) is 7.05 Å². The van der Waals surface area contributed by atoms with E-state index in [-0.39, 0.29) is 6.04 Å². The molecule has 2 aromatic heterocycles. The van der Waals surface area contributed by atoms with Gasteiger partial charge in [-0.2, -0.15) is 0 Å². The minimum absolute atomic E-state index is 0.280. The maximum atomic E-state index is 5.95. The summed E-state index contributed by atoms with van der Waals surface area (Å²) in [5, 5.41) is 3.33. The monoisotopic (exact) mass is 269 g/mol. The highest BCUT2D eigenvalue weighted by molar-refractivity contribution is 7.16. The molecule has 0 amide bonds. The number of hydrogen-bond donors (Lipinski definition) is 1. The van der Waals surface area contributed by atoms with E-state index in [1.165, 1.54) is 10.4 Å². The lowest BCUT2D eigenvalue weighted by Crippen LogP contribution is -2.18. The molecule has 2 heterocycles. The molecule has 0 aromatic carbocycles. The Hall–Kier alpha value is -0.770. The van der Waals surface area contributed by atoms with Crippen molar-refractivity contribution in [2.75, 3.05) is 7.05 Å². The van der Waals surface area contributed by atoms with Crippen LogP contribution in [0.4, 0.5) is 0 Å². The van der Waals surface area contributed by atoms with Gasteiger partial charge >= 0.3 is 0 Å². The second kappa shape index (κ2) is 5.25. The summed E-state index contributed by atoms with van der Waals surface area (Å²) >= 11 is 7.58. The molecule has 17 heavy (non-hydrogen) atoms. The van der Waals surface area contributed by atoms with Crippen LogP contribution in [0.25, 0.3) is 0 Å². The zero-order chi connectivity index (χ0) is 12.4. The van der Waals surface area contributed by atoms with Crippen LogP contribution in [0.1, 0.15) is 28.0 Å². The molecule has 1 atom stereocenters. The van der Waals surface area contributed by atoms with Gasteiger partial charge in [0.05, 0.1) is 4.34 Å². The van der Waals surface area contributed by atoms with Gasteiger partial charge in [0.1, 0.15) is 11.5 Å². The van der Waals surface area contributed by atoms with Crippen molar-refractivity contribution in [1.82, 2.24) is 5.32 Å². The third-order valence-electron chi connectivity index (χ3n) is 2.84. The molecule has 1 unspecified atom stereocenters. The number of likely N-dealkylation sites (N-methyl/N-ethyl adjacent to an activating group) is 1. The van der Waals surface area contributed by atoms with Crippen LogP contribution in [0, 0.1) is 13.8 Å². The van der Waals surface area contributed by atoms with E-state index in [1.54, 1.807) is 11.3 Å². The first kappa shape index (κ1) is 12.7. The van der Waals surface area contributed by atoms with Gasteiger partial charge in [-0.1, -0.05) is 11.6 Å². The van der Waals surface area contributed by atoms with Gasteiger partial charge in [0.15, 0.2) is 0 Å². The molecule has 2 nitrogen and oxygen atoms in total. The molecule has 0 fully saturated rings. The molecule has 0 aliphatic carbocycles. The third-order valence-corrected chi connectivity index (χ3v) is 4.09. The Morgan fingerprint density at radius 3 is 2.65 bits per heavy atom. The predicted molar refractivity (Wildman–Crippen MR) is 73.0 cm³/mol. The first-order valence-corrected chi connectivity index (χ1v) is 6.78. The summed E-state index contributed by atoms with van der Waals surface area (Å²) in [4.78, 5) is 1.28. The van der Waals surface area contributed by atoms with Crippen LogP contribution >= 0.6 is 22.9 Å². The number of furan rings is 1. The molecule has 1 N–H and O–H groups in total. The van der Waals surface area contributed by atoms with E-state index < -0.39 is 0 Å². The number of rotatable bonds is 4. The zero-order valence-corrected chi connectivity index (χ0v) is 11.8. The van der Waals surface area contributed by atoms with Crippen LogP contribution in [0.5, 0.6) is 0 Å². The average Bonchev–Trinajstić information content (AvgIpc) is 2.82. The van der Waals surface area contributed by atoms with Crippen molar-refractivity contribution in [2.24, 2.45) is 0 Å². The van der Waals surface area contributed by atoms with Gasteiger partial charge in [0.25, 0.3) is 0 Å². The fraction of sp³-hybridized carbons (Fsp3) is 0.385. The predicted octanol–water partition coefficient (Wildman–Crippen LogP) is 4.11. The number of aryl methyl sites for hydroxylation is 2. The Morgan fingerprint density at radius 1 is 1.41 bits per heavy atom. The van der Waals surface area contributed by atoms with Crippen molar-refractivity contribution >= 4 is 22.9 Å². The Balaban J connectivity index is 2.19. The summed E-state index contributed by atoms with van der Waals surface area (Å²) < 4.78 is 6.42. The Kier molecular flexibility index (Phi) is 3.92. The van der Waals surface area contributed by atoms with Crippen LogP contribution in [0.2, 0.25) is 4.34 Å². The zero-order valence-electron chi connectivity index (χ0n) is 10.2. The van der Waals surface area contributed by atoms with Crippen molar-refractivity contribution in [3.05, 3.63) is 44.5 Å². The average molecular weight is 270 g/mol. The molecular formula is C13H16ClNOS. The fourth-order valence-corrected chi connectivity index (χ4v) is 3.16. The van der Waals surface area contributed by atoms with E-state index in [9.17, 15) is 0 Å². The lowest BCUT2D eigenvalue weighted by atomic mass is 10.0. The van der Waals surface area contributed by atoms with Crippen LogP contribution in [-0.2, 0) is 6.42 Å². The topological polar surface area (TPSA) is 25.2 Å².